The van der Waals surface area contributed by atoms with E-state index in [0.29, 0.717) is 0 Å². The molecule has 0 aliphatic rings. The number of hydrogen-bond donors (Lipinski definition) is 6. The first kappa shape index (κ1) is 29.8. The lowest BCUT2D eigenvalue weighted by Crippen LogP contribution is -2.52. The van der Waals surface area contributed by atoms with Crippen LogP contribution in [-0.2, 0) is 41.7 Å². The molecule has 0 bridgehead atoms. The van der Waals surface area contributed by atoms with Crippen LogP contribution in [0, 0.1) is 0 Å². The van der Waals surface area contributed by atoms with Crippen molar-refractivity contribution >= 4 is 29.7 Å². The number of aromatic hydroxyl groups is 1. The van der Waals surface area contributed by atoms with Crippen LogP contribution in [0.25, 0.3) is 0 Å². The van der Waals surface area contributed by atoms with E-state index in [2.05, 4.69) is 16.0 Å². The van der Waals surface area contributed by atoms with E-state index in [9.17, 15) is 29.1 Å². The maximum absolute atomic E-state index is 12.5. The van der Waals surface area contributed by atoms with Gasteiger partial charge in [0, 0.05) is 6.42 Å². The molecule has 204 valence electrons. The van der Waals surface area contributed by atoms with Gasteiger partial charge in [-0.1, -0.05) is 42.5 Å². The molecule has 0 fully saturated rings. The number of carboxylic acids is 1. The molecular weight excluding hydrogens is 496 g/mol. The topological polar surface area (TPSA) is 197 Å². The molecule has 12 heteroatoms. The van der Waals surface area contributed by atoms with Crippen molar-refractivity contribution < 1.29 is 38.9 Å². The summed E-state index contributed by atoms with van der Waals surface area (Å²) in [5.74, 6) is -3.87. The summed E-state index contributed by atoms with van der Waals surface area (Å²) in [4.78, 5) is 60.5. The number of esters is 1. The molecule has 0 saturated carbocycles. The highest BCUT2D eigenvalue weighted by molar-refractivity contribution is 5.92. The summed E-state index contributed by atoms with van der Waals surface area (Å²) >= 11 is 0. The molecule has 2 rings (SSSR count). The van der Waals surface area contributed by atoms with Crippen LogP contribution in [0.2, 0.25) is 0 Å². The fourth-order valence-electron chi connectivity index (χ4n) is 3.28. The molecule has 2 aromatic rings. The molecule has 0 unspecified atom stereocenters. The fraction of sp³-hybridized carbons (Fsp3) is 0.346. The molecule has 0 aromatic heterocycles. The van der Waals surface area contributed by atoms with Gasteiger partial charge in [0.15, 0.2) is 0 Å². The molecule has 2 aromatic carbocycles. The molecule has 7 N–H and O–H groups in total. The van der Waals surface area contributed by atoms with Crippen molar-refractivity contribution in [2.45, 2.75) is 50.9 Å². The molecule has 0 heterocycles. The normalized spacial score (nSPS) is 12.9. The number of rotatable bonds is 14. The van der Waals surface area contributed by atoms with Crippen LogP contribution >= 0.6 is 0 Å². The first-order valence-electron chi connectivity index (χ1n) is 11.9. The number of nitrogens with two attached hydrogens (primary N) is 1. The fourth-order valence-corrected chi connectivity index (χ4v) is 3.28. The Balaban J connectivity index is 1.82. The van der Waals surface area contributed by atoms with Gasteiger partial charge in [-0.2, -0.15) is 0 Å². The van der Waals surface area contributed by atoms with Crippen molar-refractivity contribution in [3.8, 4) is 5.75 Å². The zero-order valence-electron chi connectivity index (χ0n) is 20.9. The lowest BCUT2D eigenvalue weighted by Gasteiger charge is -2.19. The highest BCUT2D eigenvalue weighted by Gasteiger charge is 2.25. The average molecular weight is 529 g/mol. The zero-order valence-corrected chi connectivity index (χ0v) is 20.9. The summed E-state index contributed by atoms with van der Waals surface area (Å²) in [6, 6.07) is 11.8. The van der Waals surface area contributed by atoms with Crippen LogP contribution in [0.15, 0.2) is 54.6 Å². The zero-order chi connectivity index (χ0) is 28.1. The largest absolute Gasteiger partial charge is 0.508 e. The van der Waals surface area contributed by atoms with Crippen molar-refractivity contribution in [3.05, 3.63) is 65.7 Å². The number of benzene rings is 2. The third kappa shape index (κ3) is 10.7. The Bertz CT molecular complexity index is 1110. The van der Waals surface area contributed by atoms with Crippen molar-refractivity contribution in [3.63, 3.8) is 0 Å². The van der Waals surface area contributed by atoms with Gasteiger partial charge in [0.1, 0.15) is 24.4 Å². The molecule has 0 saturated heterocycles. The molecule has 0 aliphatic heterocycles. The Kier molecular flexibility index (Phi) is 11.7. The average Bonchev–Trinajstić information content (AvgIpc) is 2.89. The second-order valence-electron chi connectivity index (χ2n) is 8.57. The van der Waals surface area contributed by atoms with Crippen molar-refractivity contribution in [2.75, 3.05) is 6.54 Å². The predicted molar refractivity (Wildman–Crippen MR) is 135 cm³/mol. The summed E-state index contributed by atoms with van der Waals surface area (Å²) in [7, 11) is 0. The van der Waals surface area contributed by atoms with Gasteiger partial charge in [-0.05, 0) is 43.0 Å². The molecule has 12 nitrogen and oxygen atoms in total. The van der Waals surface area contributed by atoms with E-state index in [1.54, 1.807) is 42.5 Å². The van der Waals surface area contributed by atoms with Crippen LogP contribution in [-0.4, -0.2) is 64.5 Å². The van der Waals surface area contributed by atoms with E-state index in [-0.39, 0.29) is 31.6 Å². The molecule has 0 aliphatic carbocycles. The number of amides is 3. The first-order valence-corrected chi connectivity index (χ1v) is 11.9. The van der Waals surface area contributed by atoms with E-state index in [0.717, 1.165) is 11.1 Å². The number of ether oxygens (including phenoxy) is 1. The van der Waals surface area contributed by atoms with Gasteiger partial charge in [0.25, 0.3) is 0 Å². The number of carboxylic acid groups (broad SMARTS) is 1. The Morgan fingerprint density at radius 2 is 1.58 bits per heavy atom. The minimum atomic E-state index is -1.23. The number of nitrogens with one attached hydrogen (secondary N) is 3. The second kappa shape index (κ2) is 15.0. The SMILES string of the molecule is C[C@H](NC(=O)[C@H](N)Cc1ccc(O)cc1)C(=O)NCC(=O)N[C@@H](CCC(=O)O)C(=O)OCc1ccccc1. The van der Waals surface area contributed by atoms with Crippen LogP contribution in [0.3, 0.4) is 0 Å². The molecule has 38 heavy (non-hydrogen) atoms. The quantitative estimate of drug-likeness (QED) is 0.182. The Morgan fingerprint density at radius 1 is 0.921 bits per heavy atom. The number of phenols is 1. The van der Waals surface area contributed by atoms with E-state index in [1.807, 2.05) is 0 Å². The van der Waals surface area contributed by atoms with E-state index >= 15 is 0 Å². The smallest absolute Gasteiger partial charge is 0.328 e. The standard InChI is InChI=1S/C26H32N4O8/c1-16(29-25(36)20(27)13-17-7-9-19(31)10-8-17)24(35)28-14-22(32)30-21(11-12-23(33)34)26(37)38-15-18-5-3-2-4-6-18/h2-10,16,20-21,31H,11-15,27H2,1H3,(H,28,35)(H,29,36)(H,30,32)(H,33,34)/t16-,20+,21-/m0/s1. The molecule has 3 atom stereocenters. The van der Waals surface area contributed by atoms with Gasteiger partial charge in [-0.15, -0.1) is 0 Å². The van der Waals surface area contributed by atoms with Gasteiger partial charge in [0.05, 0.1) is 12.6 Å². The van der Waals surface area contributed by atoms with Gasteiger partial charge in [-0.25, -0.2) is 4.79 Å². The highest BCUT2D eigenvalue weighted by atomic mass is 16.5. The third-order valence-corrected chi connectivity index (χ3v) is 5.39. The van der Waals surface area contributed by atoms with E-state index in [4.69, 9.17) is 15.6 Å². The van der Waals surface area contributed by atoms with Crippen molar-refractivity contribution in [1.29, 1.82) is 0 Å². The first-order chi connectivity index (χ1) is 18.0. The van der Waals surface area contributed by atoms with Crippen molar-refractivity contribution in [2.24, 2.45) is 5.73 Å². The van der Waals surface area contributed by atoms with E-state index < -0.39 is 54.3 Å². The summed E-state index contributed by atoms with van der Waals surface area (Å²) in [5.41, 5.74) is 7.34. The lowest BCUT2D eigenvalue weighted by molar-refractivity contribution is -0.149. The third-order valence-electron chi connectivity index (χ3n) is 5.39. The molecule has 0 spiro atoms. The summed E-state index contributed by atoms with van der Waals surface area (Å²) in [6.07, 6.45) is -0.403. The minimum absolute atomic E-state index is 0.0536. The summed E-state index contributed by atoms with van der Waals surface area (Å²) in [6.45, 7) is 0.838. The van der Waals surface area contributed by atoms with Crippen LogP contribution in [0.5, 0.6) is 5.75 Å². The Labute approximate surface area is 219 Å². The highest BCUT2D eigenvalue weighted by Crippen LogP contribution is 2.11. The number of aliphatic carboxylic acids is 1. The van der Waals surface area contributed by atoms with Crippen LogP contribution in [0.4, 0.5) is 0 Å². The van der Waals surface area contributed by atoms with Gasteiger partial charge in [-0.3, -0.25) is 19.2 Å². The summed E-state index contributed by atoms with van der Waals surface area (Å²) in [5, 5.41) is 25.5. The number of hydrogen-bond acceptors (Lipinski definition) is 8. The van der Waals surface area contributed by atoms with Crippen molar-refractivity contribution in [1.82, 2.24) is 16.0 Å². The minimum Gasteiger partial charge on any atom is -0.508 e. The number of phenolic OH excluding ortho intramolecular Hbond substituents is 1. The van der Waals surface area contributed by atoms with Crippen LogP contribution < -0.4 is 21.7 Å². The Hall–Kier alpha value is -4.45. The molecule has 0 radical (unpaired) electrons. The molecular formula is C26H32N4O8. The van der Waals surface area contributed by atoms with E-state index in [1.165, 1.54) is 19.1 Å². The number of carbonyl (C=O) groups excluding carboxylic acids is 4. The number of carbonyl (C=O) groups is 5. The van der Waals surface area contributed by atoms with Crippen LogP contribution in [0.1, 0.15) is 30.9 Å². The lowest BCUT2D eigenvalue weighted by atomic mass is 10.1. The molecule has 3 amide bonds. The monoisotopic (exact) mass is 528 g/mol. The maximum Gasteiger partial charge on any atom is 0.328 e. The summed E-state index contributed by atoms with van der Waals surface area (Å²) < 4.78 is 5.20. The van der Waals surface area contributed by atoms with Gasteiger partial charge in [0.2, 0.25) is 17.7 Å². The van der Waals surface area contributed by atoms with Gasteiger partial charge < -0.3 is 36.6 Å². The Morgan fingerprint density at radius 3 is 2.21 bits per heavy atom. The maximum atomic E-state index is 12.5. The van der Waals surface area contributed by atoms with Gasteiger partial charge >= 0.3 is 11.9 Å². The predicted octanol–water partition coefficient (Wildman–Crippen LogP) is -0.0241. The second-order valence-corrected chi connectivity index (χ2v) is 8.57.